The molecule has 2 aromatic heterocycles. The van der Waals surface area contributed by atoms with Crippen LogP contribution in [-0.2, 0) is 4.79 Å². The van der Waals surface area contributed by atoms with Crippen LogP contribution < -0.4 is 10.2 Å². The summed E-state index contributed by atoms with van der Waals surface area (Å²) in [6.07, 6.45) is 5.22. The summed E-state index contributed by atoms with van der Waals surface area (Å²) < 4.78 is 0. The molecule has 0 radical (unpaired) electrons. The van der Waals surface area contributed by atoms with Crippen LogP contribution in [0.15, 0.2) is 48.8 Å². The van der Waals surface area contributed by atoms with Crippen LogP contribution in [0.3, 0.4) is 0 Å². The quantitative estimate of drug-likeness (QED) is 0.764. The molecule has 0 aliphatic carbocycles. The lowest BCUT2D eigenvalue weighted by atomic mass is 9.97. The maximum absolute atomic E-state index is 12.7. The molecule has 3 aromatic rings. The van der Waals surface area contributed by atoms with E-state index in [1.165, 1.54) is 11.3 Å². The molecule has 8 heteroatoms. The van der Waals surface area contributed by atoms with Gasteiger partial charge in [0.1, 0.15) is 5.01 Å². The summed E-state index contributed by atoms with van der Waals surface area (Å²) in [5.74, 6) is 0.533. The minimum absolute atomic E-state index is 0.0265. The zero-order valence-corrected chi connectivity index (χ0v) is 14.9. The van der Waals surface area contributed by atoms with E-state index in [0.717, 1.165) is 30.0 Å². The van der Waals surface area contributed by atoms with Gasteiger partial charge >= 0.3 is 0 Å². The maximum atomic E-state index is 12.7. The lowest BCUT2D eigenvalue weighted by Gasteiger charge is -2.31. The fourth-order valence-electron chi connectivity index (χ4n) is 3.01. The minimum atomic E-state index is -0.114. The standard InChI is InChI=1S/C18H18N6OS/c25-15(14-8-4-11-24(12-14)17-19-9-5-10-20-17)21-18-23-22-16(26-18)13-6-2-1-3-7-13/h1-3,5-7,9-10,14H,4,8,11-12H2,(H,21,23,25). The SMILES string of the molecule is O=C(Nc1nnc(-c2ccccc2)s1)C1CCCN(c2ncccn2)C1. The third-order valence-electron chi connectivity index (χ3n) is 4.30. The third kappa shape index (κ3) is 3.70. The Morgan fingerprint density at radius 3 is 2.73 bits per heavy atom. The van der Waals surface area contributed by atoms with Crippen molar-refractivity contribution < 1.29 is 4.79 Å². The molecular formula is C18H18N6OS. The Kier molecular flexibility index (Phi) is 4.83. The summed E-state index contributed by atoms with van der Waals surface area (Å²) in [6, 6.07) is 11.6. The average molecular weight is 366 g/mol. The van der Waals surface area contributed by atoms with Crippen LogP contribution in [0.25, 0.3) is 10.6 Å². The van der Waals surface area contributed by atoms with Gasteiger partial charge in [-0.25, -0.2) is 9.97 Å². The Hall–Kier alpha value is -2.87. The van der Waals surface area contributed by atoms with Crippen molar-refractivity contribution in [1.29, 1.82) is 0 Å². The molecule has 0 bridgehead atoms. The maximum Gasteiger partial charge on any atom is 0.231 e. The number of amides is 1. The van der Waals surface area contributed by atoms with Crippen molar-refractivity contribution in [3.05, 3.63) is 48.8 Å². The summed E-state index contributed by atoms with van der Waals surface area (Å²) in [7, 11) is 0. The van der Waals surface area contributed by atoms with Crippen LogP contribution >= 0.6 is 11.3 Å². The van der Waals surface area contributed by atoms with Crippen molar-refractivity contribution in [2.24, 2.45) is 5.92 Å². The van der Waals surface area contributed by atoms with E-state index in [1.807, 2.05) is 30.3 Å². The van der Waals surface area contributed by atoms with E-state index in [4.69, 9.17) is 0 Å². The van der Waals surface area contributed by atoms with E-state index in [1.54, 1.807) is 18.5 Å². The van der Waals surface area contributed by atoms with Gasteiger partial charge in [0.2, 0.25) is 17.0 Å². The van der Waals surface area contributed by atoms with Crippen LogP contribution in [0.5, 0.6) is 0 Å². The Bertz CT molecular complexity index is 870. The number of carbonyl (C=O) groups excluding carboxylic acids is 1. The van der Waals surface area contributed by atoms with Gasteiger partial charge in [-0.3, -0.25) is 4.79 Å². The van der Waals surface area contributed by atoms with Gasteiger partial charge in [-0.1, -0.05) is 41.7 Å². The smallest absolute Gasteiger partial charge is 0.231 e. The Labute approximate surface area is 155 Å². The molecule has 4 rings (SSSR count). The van der Waals surface area contributed by atoms with E-state index in [2.05, 4.69) is 30.4 Å². The van der Waals surface area contributed by atoms with Crippen molar-refractivity contribution in [3.63, 3.8) is 0 Å². The number of anilines is 2. The molecule has 1 amide bonds. The highest BCUT2D eigenvalue weighted by Crippen LogP contribution is 2.27. The fraction of sp³-hybridized carbons (Fsp3) is 0.278. The second kappa shape index (κ2) is 7.57. The van der Waals surface area contributed by atoms with Gasteiger partial charge in [0.25, 0.3) is 0 Å². The van der Waals surface area contributed by atoms with Crippen LogP contribution in [0.2, 0.25) is 0 Å². The van der Waals surface area contributed by atoms with Gasteiger partial charge in [-0.05, 0) is 18.9 Å². The van der Waals surface area contributed by atoms with Gasteiger partial charge in [-0.15, -0.1) is 10.2 Å². The molecule has 0 spiro atoms. The summed E-state index contributed by atoms with van der Waals surface area (Å²) in [5.41, 5.74) is 0.996. The number of hydrogen-bond donors (Lipinski definition) is 1. The number of aromatic nitrogens is 4. The molecule has 1 aliphatic heterocycles. The normalized spacial score (nSPS) is 17.1. The number of carbonyl (C=O) groups is 1. The van der Waals surface area contributed by atoms with Crippen molar-refractivity contribution >= 4 is 28.3 Å². The molecule has 1 aliphatic rings. The molecule has 1 aromatic carbocycles. The molecule has 1 saturated heterocycles. The average Bonchev–Trinajstić information content (AvgIpc) is 3.18. The molecule has 3 heterocycles. The monoisotopic (exact) mass is 366 g/mol. The fourth-order valence-corrected chi connectivity index (χ4v) is 3.76. The first-order valence-electron chi connectivity index (χ1n) is 8.51. The predicted octanol–water partition coefficient (Wildman–Crippen LogP) is 2.85. The third-order valence-corrected chi connectivity index (χ3v) is 5.19. The first kappa shape index (κ1) is 16.6. The number of nitrogens with one attached hydrogen (secondary N) is 1. The van der Waals surface area contributed by atoms with Crippen LogP contribution in [-0.4, -0.2) is 39.2 Å². The van der Waals surface area contributed by atoms with E-state index >= 15 is 0 Å². The van der Waals surface area contributed by atoms with Crippen LogP contribution in [0, 0.1) is 5.92 Å². The summed E-state index contributed by atoms with van der Waals surface area (Å²) in [4.78, 5) is 23.3. The van der Waals surface area contributed by atoms with Crippen LogP contribution in [0.4, 0.5) is 11.1 Å². The van der Waals surface area contributed by atoms with Gasteiger partial charge in [0, 0.05) is 31.0 Å². The summed E-state index contributed by atoms with van der Waals surface area (Å²) >= 11 is 1.38. The minimum Gasteiger partial charge on any atom is -0.340 e. The molecule has 0 saturated carbocycles. The molecule has 26 heavy (non-hydrogen) atoms. The van der Waals surface area contributed by atoms with Gasteiger partial charge in [0.05, 0.1) is 5.92 Å². The van der Waals surface area contributed by atoms with E-state index in [0.29, 0.717) is 17.6 Å². The highest BCUT2D eigenvalue weighted by Gasteiger charge is 2.27. The van der Waals surface area contributed by atoms with E-state index in [-0.39, 0.29) is 11.8 Å². The Morgan fingerprint density at radius 1 is 1.12 bits per heavy atom. The van der Waals surface area contributed by atoms with Crippen molar-refractivity contribution in [3.8, 4) is 10.6 Å². The molecule has 1 fully saturated rings. The highest BCUT2D eigenvalue weighted by molar-refractivity contribution is 7.18. The zero-order valence-electron chi connectivity index (χ0n) is 14.1. The number of benzene rings is 1. The van der Waals surface area contributed by atoms with Gasteiger partial charge in [-0.2, -0.15) is 0 Å². The largest absolute Gasteiger partial charge is 0.340 e. The second-order valence-corrected chi connectivity index (χ2v) is 7.08. The molecule has 1 N–H and O–H groups in total. The molecular weight excluding hydrogens is 348 g/mol. The lowest BCUT2D eigenvalue weighted by Crippen LogP contribution is -2.41. The van der Waals surface area contributed by atoms with Crippen molar-refractivity contribution in [2.45, 2.75) is 12.8 Å². The first-order valence-corrected chi connectivity index (χ1v) is 9.33. The topological polar surface area (TPSA) is 83.9 Å². The van der Waals surface area contributed by atoms with E-state index in [9.17, 15) is 4.79 Å². The Balaban J connectivity index is 1.41. The number of piperidine rings is 1. The van der Waals surface area contributed by atoms with Crippen LogP contribution in [0.1, 0.15) is 12.8 Å². The zero-order chi connectivity index (χ0) is 17.8. The summed E-state index contributed by atoms with van der Waals surface area (Å²) in [5, 5.41) is 12.5. The number of rotatable bonds is 4. The molecule has 1 atom stereocenters. The molecule has 7 nitrogen and oxygen atoms in total. The highest BCUT2D eigenvalue weighted by atomic mass is 32.1. The first-order chi connectivity index (χ1) is 12.8. The second-order valence-electron chi connectivity index (χ2n) is 6.10. The number of nitrogens with zero attached hydrogens (tertiary/aromatic N) is 5. The Morgan fingerprint density at radius 2 is 1.92 bits per heavy atom. The van der Waals surface area contributed by atoms with Crippen molar-refractivity contribution in [1.82, 2.24) is 20.2 Å². The molecule has 1 unspecified atom stereocenters. The number of hydrogen-bond acceptors (Lipinski definition) is 7. The van der Waals surface area contributed by atoms with Crippen molar-refractivity contribution in [2.75, 3.05) is 23.3 Å². The van der Waals surface area contributed by atoms with Gasteiger partial charge in [0.15, 0.2) is 0 Å². The lowest BCUT2D eigenvalue weighted by molar-refractivity contribution is -0.120. The molecule has 132 valence electrons. The van der Waals surface area contributed by atoms with E-state index < -0.39 is 0 Å². The predicted molar refractivity (Wildman–Crippen MR) is 101 cm³/mol. The van der Waals surface area contributed by atoms with Gasteiger partial charge < -0.3 is 10.2 Å². The summed E-state index contributed by atoms with van der Waals surface area (Å²) in [6.45, 7) is 1.48.